The first-order valence-corrected chi connectivity index (χ1v) is 6.43. The van der Waals surface area contributed by atoms with Gasteiger partial charge in [-0.25, -0.2) is 0 Å². The fourth-order valence-corrected chi connectivity index (χ4v) is 2.42. The topological polar surface area (TPSA) is 51.5 Å². The Morgan fingerprint density at radius 2 is 2.11 bits per heavy atom. The maximum absolute atomic E-state index is 12.0. The van der Waals surface area contributed by atoms with E-state index in [1.165, 1.54) is 6.92 Å². The third-order valence-electron chi connectivity index (χ3n) is 3.67. The molecular weight excluding hydrogens is 244 g/mol. The van der Waals surface area contributed by atoms with E-state index in [-0.39, 0.29) is 22.5 Å². The molecule has 0 radical (unpaired) electrons. The second-order valence-electron chi connectivity index (χ2n) is 5.34. The Kier molecular flexibility index (Phi) is 3.87. The van der Waals surface area contributed by atoms with Crippen LogP contribution in [0.15, 0.2) is 23.1 Å². The van der Waals surface area contributed by atoms with E-state index in [0.29, 0.717) is 6.54 Å². The number of methoxy groups -OCH3 is 1. The zero-order chi connectivity index (χ0) is 14.0. The van der Waals surface area contributed by atoms with E-state index in [1.54, 1.807) is 30.0 Å². The van der Waals surface area contributed by atoms with E-state index in [2.05, 4.69) is 11.8 Å². The van der Waals surface area contributed by atoms with Crippen LogP contribution in [-0.4, -0.2) is 47.6 Å². The number of ether oxygens (including phenoxy) is 1. The van der Waals surface area contributed by atoms with Crippen LogP contribution in [0.4, 0.5) is 0 Å². The van der Waals surface area contributed by atoms with Crippen molar-refractivity contribution in [3.8, 4) is 0 Å². The summed E-state index contributed by atoms with van der Waals surface area (Å²) in [5.41, 5.74) is 0.00417. The van der Waals surface area contributed by atoms with Crippen molar-refractivity contribution in [3.63, 3.8) is 0 Å². The van der Waals surface area contributed by atoms with Gasteiger partial charge in [-0.2, -0.15) is 0 Å². The third kappa shape index (κ3) is 2.93. The molecular formula is C14H20N2O3. The van der Waals surface area contributed by atoms with Gasteiger partial charge >= 0.3 is 0 Å². The highest BCUT2D eigenvalue weighted by Crippen LogP contribution is 2.22. The molecule has 2 rings (SSSR count). The first kappa shape index (κ1) is 14.0. The summed E-state index contributed by atoms with van der Waals surface area (Å²) in [4.78, 5) is 25.6. The van der Waals surface area contributed by atoms with Crippen LogP contribution in [-0.2, 0) is 11.3 Å². The SMILES string of the molecule is COC1(C)CN(CCn2cccc(C(C)=O)c2=O)C1. The predicted molar refractivity (Wildman–Crippen MR) is 72.6 cm³/mol. The number of likely N-dealkylation sites (tertiary alicyclic amines) is 1. The lowest BCUT2D eigenvalue weighted by Crippen LogP contribution is -2.61. The number of pyridine rings is 1. The molecule has 19 heavy (non-hydrogen) atoms. The van der Waals surface area contributed by atoms with Gasteiger partial charge in [0, 0.05) is 39.5 Å². The summed E-state index contributed by atoms with van der Waals surface area (Å²) < 4.78 is 6.97. The van der Waals surface area contributed by atoms with Gasteiger partial charge in [0.2, 0.25) is 0 Å². The maximum Gasteiger partial charge on any atom is 0.261 e. The van der Waals surface area contributed by atoms with Crippen LogP contribution in [0.5, 0.6) is 0 Å². The number of hydrogen-bond acceptors (Lipinski definition) is 4. The van der Waals surface area contributed by atoms with Gasteiger partial charge < -0.3 is 9.30 Å². The molecule has 2 heterocycles. The number of nitrogens with zero attached hydrogens (tertiary/aromatic N) is 2. The van der Waals surface area contributed by atoms with Crippen LogP contribution in [0.25, 0.3) is 0 Å². The highest BCUT2D eigenvalue weighted by Gasteiger charge is 2.38. The first-order chi connectivity index (χ1) is 8.95. The van der Waals surface area contributed by atoms with E-state index in [9.17, 15) is 9.59 Å². The summed E-state index contributed by atoms with van der Waals surface area (Å²) in [7, 11) is 1.72. The Morgan fingerprint density at radius 3 is 2.68 bits per heavy atom. The van der Waals surface area contributed by atoms with Crippen molar-refractivity contribution in [2.45, 2.75) is 26.0 Å². The predicted octanol–water partition coefficient (Wildman–Crippen LogP) is 0.772. The molecule has 1 saturated heterocycles. The van der Waals surface area contributed by atoms with Gasteiger partial charge in [0.15, 0.2) is 5.78 Å². The molecule has 0 amide bonds. The van der Waals surface area contributed by atoms with Gasteiger partial charge in [-0.05, 0) is 26.0 Å². The summed E-state index contributed by atoms with van der Waals surface area (Å²) >= 11 is 0. The number of carbonyl (C=O) groups is 1. The Balaban J connectivity index is 1.96. The van der Waals surface area contributed by atoms with Crippen LogP contribution < -0.4 is 5.56 Å². The summed E-state index contributed by atoms with van der Waals surface area (Å²) in [5.74, 6) is -0.185. The molecule has 0 N–H and O–H groups in total. The standard InChI is InChI=1S/C14H20N2O3/c1-11(17)12-5-4-6-16(13(12)18)8-7-15-9-14(2,10-15)19-3/h4-6H,7-10H2,1-3H3. The minimum Gasteiger partial charge on any atom is -0.376 e. The molecule has 1 aliphatic heterocycles. The molecule has 1 fully saturated rings. The molecule has 1 aromatic rings. The maximum atomic E-state index is 12.0. The number of aromatic nitrogens is 1. The molecule has 104 valence electrons. The van der Waals surface area contributed by atoms with E-state index in [0.717, 1.165) is 19.6 Å². The fourth-order valence-electron chi connectivity index (χ4n) is 2.42. The largest absolute Gasteiger partial charge is 0.376 e. The number of ketones is 1. The van der Waals surface area contributed by atoms with Crippen molar-refractivity contribution < 1.29 is 9.53 Å². The number of carbonyl (C=O) groups excluding carboxylic acids is 1. The second-order valence-corrected chi connectivity index (χ2v) is 5.34. The van der Waals surface area contributed by atoms with Crippen LogP contribution in [0.2, 0.25) is 0 Å². The molecule has 0 atom stereocenters. The normalized spacial score (nSPS) is 18.1. The minimum absolute atomic E-state index is 0.0494. The van der Waals surface area contributed by atoms with Crippen LogP contribution in [0.1, 0.15) is 24.2 Å². The molecule has 1 aliphatic rings. The van der Waals surface area contributed by atoms with E-state index in [1.807, 2.05) is 0 Å². The van der Waals surface area contributed by atoms with Crippen molar-refractivity contribution >= 4 is 5.78 Å². The van der Waals surface area contributed by atoms with Gasteiger partial charge in [0.25, 0.3) is 5.56 Å². The van der Waals surface area contributed by atoms with Crippen molar-refractivity contribution in [1.29, 1.82) is 0 Å². The highest BCUT2D eigenvalue weighted by atomic mass is 16.5. The van der Waals surface area contributed by atoms with Crippen molar-refractivity contribution in [2.24, 2.45) is 0 Å². The van der Waals surface area contributed by atoms with Gasteiger partial charge in [-0.15, -0.1) is 0 Å². The van der Waals surface area contributed by atoms with Gasteiger partial charge in [0.1, 0.15) is 0 Å². The van der Waals surface area contributed by atoms with Crippen LogP contribution in [0.3, 0.4) is 0 Å². The smallest absolute Gasteiger partial charge is 0.261 e. The first-order valence-electron chi connectivity index (χ1n) is 6.43. The molecule has 0 bridgehead atoms. The summed E-state index contributed by atoms with van der Waals surface area (Å²) in [5, 5.41) is 0. The Hall–Kier alpha value is -1.46. The Labute approximate surface area is 112 Å². The van der Waals surface area contributed by atoms with Crippen LogP contribution in [0, 0.1) is 0 Å². The Bertz CT molecular complexity index is 530. The monoisotopic (exact) mass is 264 g/mol. The van der Waals surface area contributed by atoms with Gasteiger partial charge in [-0.1, -0.05) is 0 Å². The molecule has 0 aromatic carbocycles. The molecule has 5 nitrogen and oxygen atoms in total. The second kappa shape index (κ2) is 5.27. The minimum atomic E-state index is -0.204. The zero-order valence-corrected chi connectivity index (χ0v) is 11.7. The average Bonchev–Trinajstić information content (AvgIpc) is 2.34. The number of hydrogen-bond donors (Lipinski definition) is 0. The summed E-state index contributed by atoms with van der Waals surface area (Å²) in [6.45, 7) is 6.64. The lowest BCUT2D eigenvalue weighted by atomic mass is 9.97. The molecule has 0 spiro atoms. The van der Waals surface area contributed by atoms with Crippen LogP contribution >= 0.6 is 0 Å². The Morgan fingerprint density at radius 1 is 1.42 bits per heavy atom. The van der Waals surface area contributed by atoms with Gasteiger partial charge in [-0.3, -0.25) is 14.5 Å². The molecule has 1 aromatic heterocycles. The third-order valence-corrected chi connectivity index (χ3v) is 3.67. The van der Waals surface area contributed by atoms with E-state index >= 15 is 0 Å². The highest BCUT2D eigenvalue weighted by molar-refractivity contribution is 5.93. The quantitative estimate of drug-likeness (QED) is 0.737. The van der Waals surface area contributed by atoms with Crippen molar-refractivity contribution in [2.75, 3.05) is 26.7 Å². The lowest BCUT2D eigenvalue weighted by molar-refractivity contribution is -0.111. The summed E-state index contributed by atoms with van der Waals surface area (Å²) in [6.07, 6.45) is 1.73. The summed E-state index contributed by atoms with van der Waals surface area (Å²) in [6, 6.07) is 3.32. The number of rotatable bonds is 5. The van der Waals surface area contributed by atoms with Gasteiger partial charge in [0.05, 0.1) is 11.2 Å². The molecule has 5 heteroatoms. The average molecular weight is 264 g/mol. The van der Waals surface area contributed by atoms with Crippen molar-refractivity contribution in [1.82, 2.24) is 9.47 Å². The lowest BCUT2D eigenvalue weighted by Gasteiger charge is -2.46. The zero-order valence-electron chi connectivity index (χ0n) is 11.7. The van der Waals surface area contributed by atoms with E-state index in [4.69, 9.17) is 4.74 Å². The fraction of sp³-hybridized carbons (Fsp3) is 0.571. The number of Topliss-reactive ketones (excluding diaryl/α,β-unsaturated/α-hetero) is 1. The van der Waals surface area contributed by atoms with Crippen molar-refractivity contribution in [3.05, 3.63) is 34.2 Å². The molecule has 0 aliphatic carbocycles. The van der Waals surface area contributed by atoms with E-state index < -0.39 is 0 Å². The molecule has 0 saturated carbocycles. The molecule has 0 unspecified atom stereocenters.